The van der Waals surface area contributed by atoms with Crippen LogP contribution >= 0.6 is 0 Å². The molecule has 0 saturated carbocycles. The molecule has 0 aliphatic rings. The average molecular weight is 606 g/mol. The van der Waals surface area contributed by atoms with Crippen molar-refractivity contribution >= 4 is 59.8 Å². The van der Waals surface area contributed by atoms with Crippen LogP contribution in [0.4, 0.5) is 0 Å². The summed E-state index contributed by atoms with van der Waals surface area (Å²) in [4.78, 5) is 19.7. The predicted molar refractivity (Wildman–Crippen MR) is 116 cm³/mol. The maximum absolute atomic E-state index is 10.2. The number of hydrogen-bond donors (Lipinski definition) is 0. The monoisotopic (exact) mass is 608 g/mol. The van der Waals surface area contributed by atoms with Gasteiger partial charge in [-0.25, -0.2) is 0 Å². The molecule has 0 atom stereocenters. The Kier molecular flexibility index (Phi) is 40.7. The molecule has 6 heteroatoms. The van der Waals surface area contributed by atoms with Crippen molar-refractivity contribution in [1.82, 2.24) is 0 Å². The Morgan fingerprint density at radius 1 is 0.571 bits per heavy atom. The van der Waals surface area contributed by atoms with Crippen LogP contribution in [-0.2, 0) is 9.59 Å². The quantitative estimate of drug-likeness (QED) is 0.144. The molecule has 0 aromatic rings. The molecule has 0 unspecified atom stereocenters. The molecule has 0 rings (SSSR count). The van der Waals surface area contributed by atoms with Crippen LogP contribution in [0, 0.1) is 0 Å². The van der Waals surface area contributed by atoms with Gasteiger partial charge >= 0.3 is 47.8 Å². The van der Waals surface area contributed by atoms with Crippen molar-refractivity contribution < 1.29 is 19.8 Å². The Bertz CT molecular complexity index is 347. The number of hydrogen-bond acceptors (Lipinski definition) is 4. The van der Waals surface area contributed by atoms with E-state index < -0.39 is 11.9 Å². The zero-order valence-corrected chi connectivity index (χ0v) is 23.8. The smallest absolute Gasteiger partial charge is 0.550 e. The van der Waals surface area contributed by atoms with Gasteiger partial charge in [-0.2, -0.15) is 0 Å². The molecule has 0 aromatic heterocycles. The molecule has 0 radical (unpaired) electrons. The van der Waals surface area contributed by atoms with Gasteiger partial charge < -0.3 is 19.8 Å². The third-order valence-electron chi connectivity index (χ3n) is 4.10. The number of unbranched alkanes of at least 4 members (excludes halogenated alkanes) is 11. The zero-order valence-electron chi connectivity index (χ0n) is 18.1. The molecule has 0 aliphatic carbocycles. The molecule has 0 spiro atoms. The zero-order chi connectivity index (χ0) is 19.9. The van der Waals surface area contributed by atoms with Crippen molar-refractivity contribution in [2.24, 2.45) is 0 Å². The van der Waals surface area contributed by atoms with Crippen LogP contribution in [0.1, 0.15) is 117 Å². The molecule has 0 fully saturated rings. The van der Waals surface area contributed by atoms with Gasteiger partial charge in [0.15, 0.2) is 0 Å². The standard InChI is InChI=1S/C18H34O2.C4H8O2.2Sn/c1-2-3-4-5-6-7-8-9-10-11-12-13-14-15-16-17-18(19)20;1-2-3-4(5)6;;/h9-10H,2-8,11-17H2,1H3,(H,19,20);2-3H2,1H3,(H,5,6);;/q;;2*+4/p-2/b10-9-;;;. The molecule has 0 aliphatic heterocycles. The van der Waals surface area contributed by atoms with Crippen LogP contribution < -0.4 is 10.2 Å². The summed E-state index contributed by atoms with van der Waals surface area (Å²) in [5.41, 5.74) is 0. The number of aliphatic carboxylic acids is 2. The van der Waals surface area contributed by atoms with E-state index in [0.29, 0.717) is 6.42 Å². The minimum Gasteiger partial charge on any atom is -0.550 e. The predicted octanol–water partition coefficient (Wildman–Crippen LogP) is 3.55. The van der Waals surface area contributed by atoms with E-state index in [9.17, 15) is 19.8 Å². The van der Waals surface area contributed by atoms with Gasteiger partial charge in [-0.1, -0.05) is 83.8 Å². The van der Waals surface area contributed by atoms with Gasteiger partial charge in [-0.15, -0.1) is 0 Å². The van der Waals surface area contributed by atoms with E-state index in [-0.39, 0.29) is 60.7 Å². The SMILES string of the molecule is CCCC(=O)[O-].CCCCCCCC/C=C\CCCCCCCC(=O)[O-].[Sn+4].[Sn+4]. The molecule has 0 saturated heterocycles. The van der Waals surface area contributed by atoms with Crippen molar-refractivity contribution in [1.29, 1.82) is 0 Å². The number of rotatable bonds is 17. The molecule has 28 heavy (non-hydrogen) atoms. The molecule has 0 heterocycles. The average Bonchev–Trinajstić information content (AvgIpc) is 2.58. The second-order valence-electron chi connectivity index (χ2n) is 6.83. The number of allylic oxidation sites excluding steroid dienone is 2. The van der Waals surface area contributed by atoms with E-state index in [0.717, 1.165) is 19.3 Å². The first-order valence-electron chi connectivity index (χ1n) is 10.6. The fourth-order valence-corrected chi connectivity index (χ4v) is 2.54. The summed E-state index contributed by atoms with van der Waals surface area (Å²) < 4.78 is 0. The van der Waals surface area contributed by atoms with Crippen LogP contribution in [0.15, 0.2) is 12.2 Å². The second kappa shape index (κ2) is 32.0. The van der Waals surface area contributed by atoms with Gasteiger partial charge in [-0.3, -0.25) is 0 Å². The fraction of sp³-hybridized carbons (Fsp3) is 0.818. The van der Waals surface area contributed by atoms with Crippen molar-refractivity contribution in [3.05, 3.63) is 12.2 Å². The Morgan fingerprint density at radius 3 is 1.32 bits per heavy atom. The van der Waals surface area contributed by atoms with Crippen LogP contribution in [0.5, 0.6) is 0 Å². The minimum atomic E-state index is -0.961. The van der Waals surface area contributed by atoms with Crippen LogP contribution in [-0.4, -0.2) is 59.8 Å². The summed E-state index contributed by atoms with van der Waals surface area (Å²) >= 11 is 0. The summed E-state index contributed by atoms with van der Waals surface area (Å²) in [5, 5.41) is 19.7. The molecule has 0 aromatic carbocycles. The molecule has 0 amide bonds. The van der Waals surface area contributed by atoms with Crippen LogP contribution in [0.25, 0.3) is 0 Å². The van der Waals surface area contributed by atoms with Gasteiger partial charge in [0, 0.05) is 11.9 Å². The van der Waals surface area contributed by atoms with Crippen molar-refractivity contribution in [3.63, 3.8) is 0 Å². The van der Waals surface area contributed by atoms with Crippen LogP contribution in [0.2, 0.25) is 0 Å². The van der Waals surface area contributed by atoms with Crippen molar-refractivity contribution in [2.45, 2.75) is 117 Å². The number of carbonyl (C=O) groups excluding carboxylic acids is 2. The Labute approximate surface area is 207 Å². The number of carboxylic acids is 2. The summed E-state index contributed by atoms with van der Waals surface area (Å²) in [6.07, 6.45) is 21.7. The number of carboxylic acid groups (broad SMARTS) is 2. The van der Waals surface area contributed by atoms with Gasteiger partial charge in [0.25, 0.3) is 0 Å². The summed E-state index contributed by atoms with van der Waals surface area (Å²) in [6, 6.07) is 0. The Balaban J connectivity index is -0.000000312. The molecule has 0 bridgehead atoms. The third kappa shape index (κ3) is 40.8. The first-order chi connectivity index (χ1) is 12.5. The topological polar surface area (TPSA) is 80.3 Å². The van der Waals surface area contributed by atoms with Gasteiger partial charge in [0.2, 0.25) is 0 Å². The fourth-order valence-electron chi connectivity index (χ4n) is 2.54. The molecule has 4 nitrogen and oxygen atoms in total. The first kappa shape index (κ1) is 35.7. The molecule has 154 valence electrons. The van der Waals surface area contributed by atoms with Gasteiger partial charge in [0.1, 0.15) is 0 Å². The van der Waals surface area contributed by atoms with E-state index in [2.05, 4.69) is 19.1 Å². The van der Waals surface area contributed by atoms with Crippen molar-refractivity contribution in [3.8, 4) is 0 Å². The molecular weight excluding hydrogens is 566 g/mol. The summed E-state index contributed by atoms with van der Waals surface area (Å²) in [5.74, 6) is -1.87. The summed E-state index contributed by atoms with van der Waals surface area (Å²) in [6.45, 7) is 4.06. The minimum absolute atomic E-state index is 0. The largest absolute Gasteiger partial charge is 4.00 e. The third-order valence-corrected chi connectivity index (χ3v) is 4.10. The van der Waals surface area contributed by atoms with Gasteiger partial charge in [0.05, 0.1) is 0 Å². The Morgan fingerprint density at radius 2 is 0.964 bits per heavy atom. The van der Waals surface area contributed by atoms with E-state index in [1.54, 1.807) is 6.92 Å². The van der Waals surface area contributed by atoms with E-state index >= 15 is 0 Å². The maximum Gasteiger partial charge on any atom is 4.00 e. The van der Waals surface area contributed by atoms with E-state index in [4.69, 9.17) is 0 Å². The van der Waals surface area contributed by atoms with Crippen LogP contribution in [0.3, 0.4) is 0 Å². The second-order valence-corrected chi connectivity index (χ2v) is 6.83. The first-order valence-corrected chi connectivity index (χ1v) is 10.6. The molecule has 0 N–H and O–H groups in total. The van der Waals surface area contributed by atoms with Gasteiger partial charge in [-0.05, 0) is 44.9 Å². The summed E-state index contributed by atoms with van der Waals surface area (Å²) in [7, 11) is 0. The van der Waals surface area contributed by atoms with Crippen molar-refractivity contribution in [2.75, 3.05) is 0 Å². The van der Waals surface area contributed by atoms with E-state index in [1.165, 1.54) is 64.2 Å². The maximum atomic E-state index is 10.2. The normalized spacial score (nSPS) is 9.79. The Hall–Kier alpha value is 0.277. The molecular formula is C22H40O4Sn2+6. The number of carbonyl (C=O) groups is 2. The van der Waals surface area contributed by atoms with E-state index in [1.807, 2.05) is 0 Å².